The molecular formula is C18H19N5OS. The second kappa shape index (κ2) is 7.94. The van der Waals surface area contributed by atoms with Crippen molar-refractivity contribution in [1.82, 2.24) is 19.7 Å². The number of thioether (sulfide) groups is 1. The van der Waals surface area contributed by atoms with Gasteiger partial charge in [0.05, 0.1) is 5.75 Å². The van der Waals surface area contributed by atoms with Gasteiger partial charge in [-0.2, -0.15) is 0 Å². The van der Waals surface area contributed by atoms with Crippen LogP contribution in [0.4, 0.5) is 5.69 Å². The number of aromatic nitrogens is 4. The van der Waals surface area contributed by atoms with Gasteiger partial charge in [0.25, 0.3) is 0 Å². The van der Waals surface area contributed by atoms with Gasteiger partial charge in [-0.05, 0) is 37.6 Å². The lowest BCUT2D eigenvalue weighted by molar-refractivity contribution is -0.113. The molecule has 2 aromatic heterocycles. The predicted molar refractivity (Wildman–Crippen MR) is 99.5 cm³/mol. The zero-order chi connectivity index (χ0) is 17.6. The molecule has 0 atom stereocenters. The van der Waals surface area contributed by atoms with E-state index in [9.17, 15) is 4.79 Å². The largest absolute Gasteiger partial charge is 0.325 e. The van der Waals surface area contributed by atoms with Crippen LogP contribution in [0.25, 0.3) is 11.4 Å². The SMILES string of the molecule is CCn1c(SCC(=O)Nc2ccccc2)nnc1-c1cncc(C)c1. The van der Waals surface area contributed by atoms with Gasteiger partial charge in [0.15, 0.2) is 11.0 Å². The fraction of sp³-hybridized carbons (Fsp3) is 0.222. The maximum atomic E-state index is 12.1. The van der Waals surface area contributed by atoms with Crippen LogP contribution in [0.5, 0.6) is 0 Å². The molecule has 2 heterocycles. The van der Waals surface area contributed by atoms with Crippen molar-refractivity contribution in [3.8, 4) is 11.4 Å². The Morgan fingerprint density at radius 1 is 1.20 bits per heavy atom. The topological polar surface area (TPSA) is 72.7 Å². The first kappa shape index (κ1) is 17.2. The molecule has 0 saturated carbocycles. The number of aryl methyl sites for hydroxylation is 1. The Bertz CT molecular complexity index is 863. The molecule has 0 aliphatic rings. The van der Waals surface area contributed by atoms with Crippen LogP contribution in [-0.4, -0.2) is 31.4 Å². The molecule has 0 unspecified atom stereocenters. The van der Waals surface area contributed by atoms with Crippen LogP contribution in [0, 0.1) is 6.92 Å². The summed E-state index contributed by atoms with van der Waals surface area (Å²) >= 11 is 1.38. The van der Waals surface area contributed by atoms with Crippen molar-refractivity contribution in [2.24, 2.45) is 0 Å². The number of benzene rings is 1. The molecule has 0 fully saturated rings. The molecule has 3 aromatic rings. The monoisotopic (exact) mass is 353 g/mol. The first-order chi connectivity index (χ1) is 12.2. The fourth-order valence-electron chi connectivity index (χ4n) is 2.42. The van der Waals surface area contributed by atoms with Crippen LogP contribution in [0.15, 0.2) is 53.9 Å². The Kier molecular flexibility index (Phi) is 5.45. The van der Waals surface area contributed by atoms with Crippen LogP contribution in [0.2, 0.25) is 0 Å². The summed E-state index contributed by atoms with van der Waals surface area (Å²) < 4.78 is 2.00. The van der Waals surface area contributed by atoms with E-state index in [0.29, 0.717) is 0 Å². The number of pyridine rings is 1. The second-order valence-corrected chi connectivity index (χ2v) is 6.45. The molecular weight excluding hydrogens is 334 g/mol. The minimum atomic E-state index is -0.0689. The molecule has 7 heteroatoms. The van der Waals surface area contributed by atoms with E-state index in [0.717, 1.165) is 34.3 Å². The van der Waals surface area contributed by atoms with E-state index in [4.69, 9.17) is 0 Å². The van der Waals surface area contributed by atoms with E-state index < -0.39 is 0 Å². The maximum Gasteiger partial charge on any atom is 0.234 e. The van der Waals surface area contributed by atoms with E-state index in [1.165, 1.54) is 11.8 Å². The van der Waals surface area contributed by atoms with Crippen molar-refractivity contribution < 1.29 is 4.79 Å². The number of carbonyl (C=O) groups is 1. The standard InChI is InChI=1S/C18H19N5OS/c1-3-23-17(14-9-13(2)10-19-11-14)21-22-18(23)25-12-16(24)20-15-7-5-4-6-8-15/h4-11H,3,12H2,1-2H3,(H,20,24). The van der Waals surface area contributed by atoms with Gasteiger partial charge in [-0.3, -0.25) is 9.78 Å². The Morgan fingerprint density at radius 2 is 2.00 bits per heavy atom. The molecule has 1 N–H and O–H groups in total. The van der Waals surface area contributed by atoms with Crippen molar-refractivity contribution in [2.45, 2.75) is 25.5 Å². The molecule has 0 aliphatic carbocycles. The average molecular weight is 353 g/mol. The predicted octanol–water partition coefficient (Wildman–Crippen LogP) is 3.40. The van der Waals surface area contributed by atoms with E-state index >= 15 is 0 Å². The summed E-state index contributed by atoms with van der Waals surface area (Å²) in [7, 11) is 0. The number of hydrogen-bond donors (Lipinski definition) is 1. The zero-order valence-corrected chi connectivity index (χ0v) is 15.0. The summed E-state index contributed by atoms with van der Waals surface area (Å²) in [5.74, 6) is 0.976. The van der Waals surface area contributed by atoms with Gasteiger partial charge in [-0.1, -0.05) is 30.0 Å². The quantitative estimate of drug-likeness (QED) is 0.688. The number of nitrogens with one attached hydrogen (secondary N) is 1. The zero-order valence-electron chi connectivity index (χ0n) is 14.1. The molecule has 0 aliphatic heterocycles. The molecule has 3 rings (SSSR count). The van der Waals surface area contributed by atoms with Crippen molar-refractivity contribution in [1.29, 1.82) is 0 Å². The minimum absolute atomic E-state index is 0.0689. The third kappa shape index (κ3) is 4.24. The summed E-state index contributed by atoms with van der Waals surface area (Å²) in [5, 5.41) is 12.1. The first-order valence-corrected chi connectivity index (χ1v) is 8.99. The summed E-state index contributed by atoms with van der Waals surface area (Å²) in [6, 6.07) is 11.4. The number of hydrogen-bond acceptors (Lipinski definition) is 5. The van der Waals surface area contributed by atoms with Crippen molar-refractivity contribution >= 4 is 23.4 Å². The summed E-state index contributed by atoms with van der Waals surface area (Å²) in [4.78, 5) is 16.3. The third-order valence-electron chi connectivity index (χ3n) is 3.56. The highest BCUT2D eigenvalue weighted by Gasteiger charge is 2.15. The molecule has 128 valence electrons. The Labute approximate surface area is 150 Å². The van der Waals surface area contributed by atoms with Gasteiger partial charge < -0.3 is 9.88 Å². The van der Waals surface area contributed by atoms with Crippen LogP contribution in [0.3, 0.4) is 0 Å². The third-order valence-corrected chi connectivity index (χ3v) is 4.52. The number of amides is 1. The molecule has 1 aromatic carbocycles. The molecule has 0 saturated heterocycles. The highest BCUT2D eigenvalue weighted by molar-refractivity contribution is 7.99. The van der Waals surface area contributed by atoms with Crippen LogP contribution >= 0.6 is 11.8 Å². The summed E-state index contributed by atoms with van der Waals surface area (Å²) in [6.45, 7) is 4.75. The first-order valence-electron chi connectivity index (χ1n) is 8.00. The van der Waals surface area contributed by atoms with E-state index in [-0.39, 0.29) is 11.7 Å². The van der Waals surface area contributed by atoms with Gasteiger partial charge >= 0.3 is 0 Å². The van der Waals surface area contributed by atoms with E-state index in [2.05, 4.69) is 20.5 Å². The van der Waals surface area contributed by atoms with Gasteiger partial charge in [0.1, 0.15) is 0 Å². The number of carbonyl (C=O) groups excluding carboxylic acids is 1. The average Bonchev–Trinajstić information content (AvgIpc) is 3.04. The van der Waals surface area contributed by atoms with Crippen molar-refractivity contribution in [3.63, 3.8) is 0 Å². The van der Waals surface area contributed by atoms with E-state index in [1.807, 2.05) is 54.8 Å². The minimum Gasteiger partial charge on any atom is -0.325 e. The molecule has 25 heavy (non-hydrogen) atoms. The highest BCUT2D eigenvalue weighted by atomic mass is 32.2. The molecule has 6 nitrogen and oxygen atoms in total. The molecule has 0 bridgehead atoms. The lowest BCUT2D eigenvalue weighted by Crippen LogP contribution is -2.14. The van der Waals surface area contributed by atoms with Crippen molar-refractivity contribution in [2.75, 3.05) is 11.1 Å². The van der Waals surface area contributed by atoms with E-state index in [1.54, 1.807) is 12.4 Å². The summed E-state index contributed by atoms with van der Waals surface area (Å²) in [5.41, 5.74) is 2.78. The number of nitrogens with zero attached hydrogens (tertiary/aromatic N) is 4. The molecule has 1 amide bonds. The van der Waals surface area contributed by atoms with Gasteiger partial charge in [-0.25, -0.2) is 0 Å². The normalized spacial score (nSPS) is 10.6. The van der Waals surface area contributed by atoms with Gasteiger partial charge in [0, 0.05) is 30.2 Å². The smallest absolute Gasteiger partial charge is 0.234 e. The number of rotatable bonds is 6. The van der Waals surface area contributed by atoms with Gasteiger partial charge in [0.2, 0.25) is 5.91 Å². The van der Waals surface area contributed by atoms with Crippen LogP contribution in [-0.2, 0) is 11.3 Å². The van der Waals surface area contributed by atoms with Crippen molar-refractivity contribution in [3.05, 3.63) is 54.4 Å². The number of anilines is 1. The van der Waals surface area contributed by atoms with Gasteiger partial charge in [-0.15, -0.1) is 10.2 Å². The highest BCUT2D eigenvalue weighted by Crippen LogP contribution is 2.24. The molecule has 0 spiro atoms. The Balaban J connectivity index is 1.70. The van der Waals surface area contributed by atoms with Crippen LogP contribution in [0.1, 0.15) is 12.5 Å². The molecule has 0 radical (unpaired) electrons. The van der Waals surface area contributed by atoms with Crippen LogP contribution < -0.4 is 5.32 Å². The maximum absolute atomic E-state index is 12.1. The summed E-state index contributed by atoms with van der Waals surface area (Å²) in [6.07, 6.45) is 3.58. The fourth-order valence-corrected chi connectivity index (χ4v) is 3.22. The lowest BCUT2D eigenvalue weighted by Gasteiger charge is -2.08. The number of para-hydroxylation sites is 1. The Morgan fingerprint density at radius 3 is 2.72 bits per heavy atom. The lowest BCUT2D eigenvalue weighted by atomic mass is 10.2. The Hall–Kier alpha value is -2.67. The second-order valence-electron chi connectivity index (χ2n) is 5.50.